The van der Waals surface area contributed by atoms with Crippen LogP contribution < -0.4 is 10.1 Å². The average molecular weight is 388 g/mol. The van der Waals surface area contributed by atoms with Crippen molar-refractivity contribution in [3.8, 4) is 5.75 Å². The standard InChI is InChI=1S/C20H21FN2O5/c1-23(12-14-3-7-16(21)8-4-14)18(24)13-28-19(25)11-22-20(26)15-5-9-17(27-2)10-6-15/h3-10H,11-13H2,1-2H3,(H,22,26). The van der Waals surface area contributed by atoms with Crippen molar-refractivity contribution in [1.82, 2.24) is 10.2 Å². The van der Waals surface area contributed by atoms with Crippen LogP contribution in [-0.4, -0.2) is 50.0 Å². The highest BCUT2D eigenvalue weighted by Gasteiger charge is 2.14. The van der Waals surface area contributed by atoms with E-state index in [1.54, 1.807) is 43.4 Å². The third-order valence-electron chi connectivity index (χ3n) is 3.86. The van der Waals surface area contributed by atoms with Crippen LogP contribution in [0.25, 0.3) is 0 Å². The van der Waals surface area contributed by atoms with Crippen LogP contribution in [0.5, 0.6) is 5.75 Å². The lowest BCUT2D eigenvalue weighted by Gasteiger charge is -2.17. The minimum atomic E-state index is -0.731. The van der Waals surface area contributed by atoms with Crippen molar-refractivity contribution in [1.29, 1.82) is 0 Å². The number of halogens is 1. The van der Waals surface area contributed by atoms with Gasteiger partial charge in [-0.15, -0.1) is 0 Å². The molecule has 7 nitrogen and oxygen atoms in total. The molecule has 0 aromatic heterocycles. The Hall–Kier alpha value is -3.42. The zero-order chi connectivity index (χ0) is 20.5. The summed E-state index contributed by atoms with van der Waals surface area (Å²) >= 11 is 0. The number of rotatable bonds is 8. The van der Waals surface area contributed by atoms with Crippen molar-refractivity contribution < 1.29 is 28.2 Å². The molecular weight excluding hydrogens is 367 g/mol. The Labute approximate surface area is 162 Å². The van der Waals surface area contributed by atoms with E-state index in [0.717, 1.165) is 5.56 Å². The van der Waals surface area contributed by atoms with Crippen molar-refractivity contribution in [2.75, 3.05) is 27.3 Å². The van der Waals surface area contributed by atoms with Gasteiger partial charge in [0.15, 0.2) is 6.61 Å². The fourth-order valence-electron chi connectivity index (χ4n) is 2.25. The number of amides is 2. The number of hydrogen-bond acceptors (Lipinski definition) is 5. The predicted octanol–water partition coefficient (Wildman–Crippen LogP) is 1.77. The molecule has 0 saturated carbocycles. The van der Waals surface area contributed by atoms with E-state index >= 15 is 0 Å². The number of methoxy groups -OCH3 is 1. The normalized spacial score (nSPS) is 10.1. The minimum absolute atomic E-state index is 0.255. The van der Waals surface area contributed by atoms with Gasteiger partial charge >= 0.3 is 5.97 Å². The molecule has 0 atom stereocenters. The molecule has 0 aliphatic carbocycles. The van der Waals surface area contributed by atoms with Gasteiger partial charge in [-0.3, -0.25) is 14.4 Å². The van der Waals surface area contributed by atoms with E-state index in [0.29, 0.717) is 11.3 Å². The second-order valence-corrected chi connectivity index (χ2v) is 5.95. The lowest BCUT2D eigenvalue weighted by atomic mass is 10.2. The van der Waals surface area contributed by atoms with Crippen molar-refractivity contribution in [2.24, 2.45) is 0 Å². The number of nitrogens with one attached hydrogen (secondary N) is 1. The van der Waals surface area contributed by atoms with E-state index in [1.807, 2.05) is 0 Å². The number of benzene rings is 2. The van der Waals surface area contributed by atoms with E-state index in [2.05, 4.69) is 5.32 Å². The summed E-state index contributed by atoms with van der Waals surface area (Å²) in [5.41, 5.74) is 1.11. The van der Waals surface area contributed by atoms with Gasteiger partial charge in [0.1, 0.15) is 18.1 Å². The molecule has 2 aromatic rings. The maximum atomic E-state index is 12.9. The zero-order valence-corrected chi connectivity index (χ0v) is 15.6. The Morgan fingerprint density at radius 1 is 1.04 bits per heavy atom. The Morgan fingerprint density at radius 2 is 1.68 bits per heavy atom. The number of esters is 1. The van der Waals surface area contributed by atoms with Crippen LogP contribution >= 0.6 is 0 Å². The smallest absolute Gasteiger partial charge is 0.325 e. The molecule has 0 unspecified atom stereocenters. The van der Waals surface area contributed by atoms with E-state index in [4.69, 9.17) is 9.47 Å². The van der Waals surface area contributed by atoms with Gasteiger partial charge in [-0.25, -0.2) is 4.39 Å². The molecule has 0 radical (unpaired) electrons. The average Bonchev–Trinajstić information content (AvgIpc) is 2.71. The van der Waals surface area contributed by atoms with E-state index in [-0.39, 0.29) is 18.9 Å². The highest BCUT2D eigenvalue weighted by Crippen LogP contribution is 2.11. The van der Waals surface area contributed by atoms with Crippen molar-refractivity contribution in [3.05, 3.63) is 65.5 Å². The molecule has 0 aliphatic heterocycles. The maximum absolute atomic E-state index is 12.9. The van der Waals surface area contributed by atoms with E-state index in [9.17, 15) is 18.8 Å². The van der Waals surface area contributed by atoms with Crippen LogP contribution in [0.1, 0.15) is 15.9 Å². The molecule has 8 heteroatoms. The molecular formula is C20H21FN2O5. The molecule has 0 heterocycles. The molecule has 0 bridgehead atoms. The summed E-state index contributed by atoms with van der Waals surface area (Å²) in [6, 6.07) is 12.1. The summed E-state index contributed by atoms with van der Waals surface area (Å²) in [6.07, 6.45) is 0. The summed E-state index contributed by atoms with van der Waals surface area (Å²) in [7, 11) is 3.06. The fraction of sp³-hybridized carbons (Fsp3) is 0.250. The van der Waals surface area contributed by atoms with Gasteiger partial charge in [0, 0.05) is 19.2 Å². The van der Waals surface area contributed by atoms with Gasteiger partial charge in [0.2, 0.25) is 0 Å². The van der Waals surface area contributed by atoms with Crippen LogP contribution in [0.3, 0.4) is 0 Å². The number of carbonyl (C=O) groups excluding carboxylic acids is 3. The summed E-state index contributed by atoms with van der Waals surface area (Å²) < 4.78 is 22.8. The summed E-state index contributed by atoms with van der Waals surface area (Å²) in [4.78, 5) is 37.1. The van der Waals surface area contributed by atoms with Crippen LogP contribution in [-0.2, 0) is 20.9 Å². The topological polar surface area (TPSA) is 84.9 Å². The molecule has 2 amide bonds. The van der Waals surface area contributed by atoms with Crippen LogP contribution in [0.4, 0.5) is 4.39 Å². The SMILES string of the molecule is COc1ccc(C(=O)NCC(=O)OCC(=O)N(C)Cc2ccc(F)cc2)cc1. The number of hydrogen-bond donors (Lipinski definition) is 1. The van der Waals surface area contributed by atoms with Gasteiger partial charge in [-0.2, -0.15) is 0 Å². The highest BCUT2D eigenvalue weighted by atomic mass is 19.1. The molecule has 148 valence electrons. The summed E-state index contributed by atoms with van der Waals surface area (Å²) in [5.74, 6) is -1.34. The van der Waals surface area contributed by atoms with Crippen molar-refractivity contribution in [2.45, 2.75) is 6.54 Å². The number of nitrogens with zero attached hydrogens (tertiary/aromatic N) is 1. The number of likely N-dealkylation sites (N-methyl/N-ethyl adjacent to an activating group) is 1. The van der Waals surface area contributed by atoms with Crippen LogP contribution in [0.15, 0.2) is 48.5 Å². The highest BCUT2D eigenvalue weighted by molar-refractivity contribution is 5.96. The first kappa shape index (κ1) is 20.9. The van der Waals surface area contributed by atoms with E-state index < -0.39 is 24.4 Å². The molecule has 1 N–H and O–H groups in total. The van der Waals surface area contributed by atoms with Gasteiger partial charge in [-0.05, 0) is 42.0 Å². The van der Waals surface area contributed by atoms with Gasteiger partial charge < -0.3 is 19.7 Å². The van der Waals surface area contributed by atoms with Gasteiger partial charge in [-0.1, -0.05) is 12.1 Å². The monoisotopic (exact) mass is 388 g/mol. The van der Waals surface area contributed by atoms with Gasteiger partial charge in [0.05, 0.1) is 7.11 Å². The molecule has 0 saturated heterocycles. The predicted molar refractivity (Wildman–Crippen MR) is 99.2 cm³/mol. The van der Waals surface area contributed by atoms with Crippen molar-refractivity contribution >= 4 is 17.8 Å². The third kappa shape index (κ3) is 6.39. The lowest BCUT2D eigenvalue weighted by molar-refractivity contribution is -0.150. The molecule has 0 spiro atoms. The first-order valence-electron chi connectivity index (χ1n) is 8.45. The van der Waals surface area contributed by atoms with Crippen molar-refractivity contribution in [3.63, 3.8) is 0 Å². The quantitative estimate of drug-likeness (QED) is 0.697. The molecule has 2 rings (SSSR count). The Bertz CT molecular complexity index is 821. The number of ether oxygens (including phenoxy) is 2. The first-order chi connectivity index (χ1) is 13.4. The summed E-state index contributed by atoms with van der Waals surface area (Å²) in [5, 5.41) is 2.42. The van der Waals surface area contributed by atoms with E-state index in [1.165, 1.54) is 24.1 Å². The first-order valence-corrected chi connectivity index (χ1v) is 8.45. The zero-order valence-electron chi connectivity index (χ0n) is 15.6. The molecule has 0 fully saturated rings. The Morgan fingerprint density at radius 3 is 2.29 bits per heavy atom. The molecule has 2 aromatic carbocycles. The summed E-state index contributed by atoms with van der Waals surface area (Å²) in [6.45, 7) is -0.556. The second kappa shape index (κ2) is 10.1. The number of carbonyl (C=O) groups is 3. The van der Waals surface area contributed by atoms with Crippen LogP contribution in [0.2, 0.25) is 0 Å². The molecule has 0 aliphatic rings. The fourth-order valence-corrected chi connectivity index (χ4v) is 2.25. The third-order valence-corrected chi connectivity index (χ3v) is 3.86. The lowest BCUT2D eigenvalue weighted by Crippen LogP contribution is -2.34. The van der Waals surface area contributed by atoms with Gasteiger partial charge in [0.25, 0.3) is 11.8 Å². The largest absolute Gasteiger partial charge is 0.497 e. The maximum Gasteiger partial charge on any atom is 0.325 e. The second-order valence-electron chi connectivity index (χ2n) is 5.95. The Balaban J connectivity index is 1.72. The van der Waals surface area contributed by atoms with Crippen LogP contribution in [0, 0.1) is 5.82 Å². The molecule has 28 heavy (non-hydrogen) atoms. The minimum Gasteiger partial charge on any atom is -0.497 e. The Kier molecular flexibility index (Phi) is 7.50.